The Morgan fingerprint density at radius 1 is 0.900 bits per heavy atom. The first kappa shape index (κ1) is 13.6. The average molecular weight is 278 g/mol. The number of hydrogen-bond acceptors (Lipinski definition) is 2. The fraction of sp³-hybridized carbons (Fsp3) is 1.00. The Labute approximate surface area is 123 Å². The Hall–Kier alpha value is -0.0800. The third kappa shape index (κ3) is 1.34. The van der Waals surface area contributed by atoms with Gasteiger partial charge >= 0.3 is 0 Å². The molecule has 1 spiro atoms. The predicted octanol–water partition coefficient (Wildman–Crippen LogP) is 4.38. The van der Waals surface area contributed by atoms with Crippen molar-refractivity contribution < 1.29 is 9.47 Å². The number of hydrogen-bond donors (Lipinski definition) is 0. The zero-order chi connectivity index (χ0) is 14.6. The summed E-state index contributed by atoms with van der Waals surface area (Å²) in [6.07, 6.45) is 5.70. The molecule has 0 aromatic carbocycles. The Balaban J connectivity index is 1.82. The summed E-state index contributed by atoms with van der Waals surface area (Å²) in [4.78, 5) is 0. The van der Waals surface area contributed by atoms with Gasteiger partial charge in [0.05, 0.1) is 11.7 Å². The summed E-state index contributed by atoms with van der Waals surface area (Å²) in [7, 11) is 0. The molecule has 0 N–H and O–H groups in total. The quantitative estimate of drug-likeness (QED) is 0.654. The maximum atomic E-state index is 6.48. The molecule has 114 valence electrons. The molecule has 1 heterocycles. The third-order valence-corrected chi connectivity index (χ3v) is 7.73. The van der Waals surface area contributed by atoms with Crippen molar-refractivity contribution in [3.63, 3.8) is 0 Å². The lowest BCUT2D eigenvalue weighted by atomic mass is 9.63. The summed E-state index contributed by atoms with van der Waals surface area (Å²) in [5.74, 6) is 1.96. The highest BCUT2D eigenvalue weighted by Gasteiger charge is 2.73. The highest BCUT2D eigenvalue weighted by molar-refractivity contribution is 5.21. The molecule has 2 heteroatoms. The van der Waals surface area contributed by atoms with Crippen molar-refractivity contribution in [3.05, 3.63) is 0 Å². The highest BCUT2D eigenvalue weighted by Crippen LogP contribution is 2.75. The van der Waals surface area contributed by atoms with E-state index in [0.717, 1.165) is 11.8 Å². The molecule has 1 aliphatic heterocycles. The molecule has 0 aromatic rings. The molecule has 4 aliphatic rings. The van der Waals surface area contributed by atoms with Crippen LogP contribution in [0.25, 0.3) is 0 Å². The number of fused-ring (bicyclic) bond motifs is 3. The second kappa shape index (κ2) is 3.46. The minimum Gasteiger partial charge on any atom is -0.344 e. The first-order chi connectivity index (χ1) is 9.12. The van der Waals surface area contributed by atoms with Gasteiger partial charge in [-0.2, -0.15) is 0 Å². The summed E-state index contributed by atoms with van der Waals surface area (Å²) >= 11 is 0. The fourth-order valence-corrected chi connectivity index (χ4v) is 7.01. The van der Waals surface area contributed by atoms with Gasteiger partial charge in [-0.05, 0) is 75.0 Å². The van der Waals surface area contributed by atoms with E-state index in [-0.39, 0.29) is 5.60 Å². The van der Waals surface area contributed by atoms with Crippen LogP contribution in [0.15, 0.2) is 0 Å². The van der Waals surface area contributed by atoms with Crippen molar-refractivity contribution in [1.29, 1.82) is 0 Å². The number of ether oxygens (including phenoxy) is 2. The first-order valence-corrected chi connectivity index (χ1v) is 8.50. The maximum absolute atomic E-state index is 6.48. The summed E-state index contributed by atoms with van der Waals surface area (Å²) in [5.41, 5.74) is 0.836. The van der Waals surface area contributed by atoms with Crippen LogP contribution in [0.1, 0.15) is 67.2 Å². The SMILES string of the molecule is CC1CCC2C(C)(C)C3C[C@@]12CC1OC(C)(C)OC13C. The summed E-state index contributed by atoms with van der Waals surface area (Å²) in [6.45, 7) is 14.0. The lowest BCUT2D eigenvalue weighted by Crippen LogP contribution is -2.52. The van der Waals surface area contributed by atoms with E-state index in [9.17, 15) is 0 Å². The third-order valence-electron chi connectivity index (χ3n) is 7.73. The van der Waals surface area contributed by atoms with E-state index in [1.807, 2.05) is 0 Å². The van der Waals surface area contributed by atoms with Crippen LogP contribution in [-0.2, 0) is 9.47 Å². The lowest BCUT2D eigenvalue weighted by Gasteiger charge is -2.47. The molecule has 0 radical (unpaired) electrons. The van der Waals surface area contributed by atoms with Crippen LogP contribution in [0.4, 0.5) is 0 Å². The van der Waals surface area contributed by atoms with Gasteiger partial charge < -0.3 is 9.47 Å². The van der Waals surface area contributed by atoms with E-state index in [4.69, 9.17) is 9.47 Å². The summed E-state index contributed by atoms with van der Waals surface area (Å²) < 4.78 is 12.8. The van der Waals surface area contributed by atoms with Crippen molar-refractivity contribution in [2.45, 2.75) is 84.7 Å². The van der Waals surface area contributed by atoms with Gasteiger partial charge in [0.2, 0.25) is 0 Å². The van der Waals surface area contributed by atoms with Crippen LogP contribution in [0.3, 0.4) is 0 Å². The topological polar surface area (TPSA) is 18.5 Å². The van der Waals surface area contributed by atoms with Gasteiger partial charge in [-0.1, -0.05) is 20.8 Å². The Bertz CT molecular complexity index is 454. The molecule has 20 heavy (non-hydrogen) atoms. The van der Waals surface area contributed by atoms with Crippen LogP contribution in [-0.4, -0.2) is 17.5 Å². The molecule has 1 saturated heterocycles. The molecule has 5 unspecified atom stereocenters. The van der Waals surface area contributed by atoms with E-state index < -0.39 is 5.79 Å². The lowest BCUT2D eigenvalue weighted by molar-refractivity contribution is -0.177. The molecule has 3 saturated carbocycles. The molecule has 2 nitrogen and oxygen atoms in total. The van der Waals surface area contributed by atoms with Crippen molar-refractivity contribution >= 4 is 0 Å². The first-order valence-electron chi connectivity index (χ1n) is 8.50. The second-order valence-electron chi connectivity index (χ2n) is 9.34. The van der Waals surface area contributed by atoms with Crippen LogP contribution >= 0.6 is 0 Å². The van der Waals surface area contributed by atoms with Crippen molar-refractivity contribution in [2.24, 2.45) is 28.6 Å². The van der Waals surface area contributed by atoms with Gasteiger partial charge in [0.1, 0.15) is 0 Å². The largest absolute Gasteiger partial charge is 0.344 e. The fourth-order valence-electron chi connectivity index (χ4n) is 7.01. The van der Waals surface area contributed by atoms with Gasteiger partial charge in [0.15, 0.2) is 5.79 Å². The minimum atomic E-state index is -0.409. The molecule has 6 atom stereocenters. The highest BCUT2D eigenvalue weighted by atomic mass is 16.8. The molecule has 0 aromatic heterocycles. The minimum absolute atomic E-state index is 0.0810. The Kier molecular flexibility index (Phi) is 2.35. The normalized spacial score (nSPS) is 58.5. The van der Waals surface area contributed by atoms with Gasteiger partial charge in [-0.15, -0.1) is 0 Å². The van der Waals surface area contributed by atoms with Crippen molar-refractivity contribution in [3.8, 4) is 0 Å². The van der Waals surface area contributed by atoms with E-state index in [1.54, 1.807) is 0 Å². The number of rotatable bonds is 0. The molecule has 4 rings (SSSR count). The van der Waals surface area contributed by atoms with E-state index in [2.05, 4.69) is 41.5 Å². The van der Waals surface area contributed by atoms with Crippen molar-refractivity contribution in [1.82, 2.24) is 0 Å². The van der Waals surface area contributed by atoms with Crippen molar-refractivity contribution in [2.75, 3.05) is 0 Å². The molecule has 0 amide bonds. The van der Waals surface area contributed by atoms with Gasteiger partial charge in [0.25, 0.3) is 0 Å². The standard InChI is InChI=1S/C18H30O2/c1-11-7-8-12-15(2,3)13-9-18(11,12)10-14-17(13,6)20-16(4,5)19-14/h11-14H,7-10H2,1-6H3/t11?,12?,13?,14?,17?,18-/m1/s1. The average Bonchev–Trinajstić information content (AvgIpc) is 2.80. The van der Waals surface area contributed by atoms with Gasteiger partial charge in [-0.25, -0.2) is 0 Å². The monoisotopic (exact) mass is 278 g/mol. The van der Waals surface area contributed by atoms with Gasteiger partial charge in [0, 0.05) is 0 Å². The summed E-state index contributed by atoms with van der Waals surface area (Å²) in [5, 5.41) is 0. The maximum Gasteiger partial charge on any atom is 0.164 e. The van der Waals surface area contributed by atoms with Gasteiger partial charge in [-0.3, -0.25) is 0 Å². The van der Waals surface area contributed by atoms with Crippen LogP contribution < -0.4 is 0 Å². The smallest absolute Gasteiger partial charge is 0.164 e. The van der Waals surface area contributed by atoms with E-state index >= 15 is 0 Å². The zero-order valence-electron chi connectivity index (χ0n) is 14.0. The van der Waals surface area contributed by atoms with E-state index in [0.29, 0.717) is 22.9 Å². The molecule has 2 bridgehead atoms. The predicted molar refractivity (Wildman–Crippen MR) is 79.3 cm³/mol. The molecular formula is C18H30O2. The zero-order valence-corrected chi connectivity index (χ0v) is 14.0. The van der Waals surface area contributed by atoms with Crippen LogP contribution in [0.5, 0.6) is 0 Å². The van der Waals surface area contributed by atoms with Crippen LogP contribution in [0, 0.1) is 28.6 Å². The second-order valence-corrected chi connectivity index (χ2v) is 9.34. The molecular weight excluding hydrogens is 248 g/mol. The van der Waals surface area contributed by atoms with Crippen LogP contribution in [0.2, 0.25) is 0 Å². The Morgan fingerprint density at radius 2 is 1.60 bits per heavy atom. The molecule has 3 aliphatic carbocycles. The Morgan fingerprint density at radius 3 is 2.30 bits per heavy atom. The van der Waals surface area contributed by atoms with E-state index in [1.165, 1.54) is 25.7 Å². The molecule has 4 fully saturated rings. The summed E-state index contributed by atoms with van der Waals surface area (Å²) in [6, 6.07) is 0.